The van der Waals surface area contributed by atoms with Gasteiger partial charge in [-0.25, -0.2) is 8.78 Å². The summed E-state index contributed by atoms with van der Waals surface area (Å²) >= 11 is 0. The van der Waals surface area contributed by atoms with Gasteiger partial charge in [0.25, 0.3) is 0 Å². The molecule has 2 aliphatic rings. The molecule has 0 bridgehead atoms. The lowest BCUT2D eigenvalue weighted by Crippen LogP contribution is -2.42. The topological polar surface area (TPSA) is 24.5 Å². The van der Waals surface area contributed by atoms with Crippen molar-refractivity contribution in [1.29, 1.82) is 0 Å². The molecule has 3 nitrogen and oxygen atoms in total. The molecular formula is C14H18F2N2O. The van der Waals surface area contributed by atoms with Gasteiger partial charge in [-0.2, -0.15) is 0 Å². The Kier molecular flexibility index (Phi) is 3.41. The van der Waals surface area contributed by atoms with Gasteiger partial charge in [0.15, 0.2) is 0 Å². The lowest BCUT2D eigenvalue weighted by Gasteiger charge is -2.31. The van der Waals surface area contributed by atoms with Gasteiger partial charge in [0, 0.05) is 18.2 Å². The molecule has 1 aromatic carbocycles. The van der Waals surface area contributed by atoms with Crippen LogP contribution in [-0.4, -0.2) is 37.7 Å². The summed E-state index contributed by atoms with van der Waals surface area (Å²) in [6, 6.07) is 2.40. The van der Waals surface area contributed by atoms with Crippen molar-refractivity contribution in [2.75, 3.05) is 26.7 Å². The highest BCUT2D eigenvalue weighted by Gasteiger charge is 2.31. The van der Waals surface area contributed by atoms with Crippen LogP contribution in [0.5, 0.6) is 5.75 Å². The van der Waals surface area contributed by atoms with Crippen molar-refractivity contribution in [2.24, 2.45) is 0 Å². The van der Waals surface area contributed by atoms with E-state index in [1.165, 1.54) is 6.07 Å². The number of likely N-dealkylation sites (tertiary alicyclic amines) is 1. The summed E-state index contributed by atoms with van der Waals surface area (Å²) in [6.07, 6.45) is 2.09. The van der Waals surface area contributed by atoms with E-state index in [0.29, 0.717) is 24.0 Å². The second-order valence-corrected chi connectivity index (χ2v) is 5.41. The number of nitrogens with zero attached hydrogens (tertiary/aromatic N) is 1. The van der Waals surface area contributed by atoms with Gasteiger partial charge in [0.1, 0.15) is 24.0 Å². The third-order valence-electron chi connectivity index (χ3n) is 3.97. The van der Waals surface area contributed by atoms with Crippen molar-refractivity contribution in [2.45, 2.75) is 24.9 Å². The molecule has 0 aromatic heterocycles. The number of rotatable bonds is 2. The van der Waals surface area contributed by atoms with Crippen LogP contribution in [0.25, 0.3) is 0 Å². The lowest BCUT2D eigenvalue weighted by molar-refractivity contribution is 0.213. The summed E-state index contributed by atoms with van der Waals surface area (Å²) in [5, 5.41) is 3.44. The molecule has 19 heavy (non-hydrogen) atoms. The van der Waals surface area contributed by atoms with E-state index >= 15 is 0 Å². The van der Waals surface area contributed by atoms with E-state index in [2.05, 4.69) is 17.3 Å². The average Bonchev–Trinajstić information content (AvgIpc) is 2.75. The molecule has 1 saturated heterocycles. The molecule has 1 N–H and O–H groups in total. The zero-order valence-corrected chi connectivity index (χ0v) is 11.0. The molecule has 3 rings (SSSR count). The zero-order valence-electron chi connectivity index (χ0n) is 11.0. The van der Waals surface area contributed by atoms with Gasteiger partial charge in [-0.3, -0.25) is 0 Å². The Morgan fingerprint density at radius 2 is 2.00 bits per heavy atom. The van der Waals surface area contributed by atoms with Crippen LogP contribution in [0, 0.1) is 11.6 Å². The number of ether oxygens (including phenoxy) is 1. The van der Waals surface area contributed by atoms with Crippen LogP contribution in [0.2, 0.25) is 0 Å². The summed E-state index contributed by atoms with van der Waals surface area (Å²) in [5.74, 6) is -0.767. The maximum atomic E-state index is 13.8. The molecule has 5 heteroatoms. The minimum Gasteiger partial charge on any atom is -0.491 e. The Hall–Kier alpha value is -1.20. The molecule has 1 aromatic rings. The summed E-state index contributed by atoms with van der Waals surface area (Å²) in [4.78, 5) is 2.28. The van der Waals surface area contributed by atoms with Gasteiger partial charge in [-0.15, -0.1) is 0 Å². The molecule has 0 amide bonds. The number of benzene rings is 1. The summed E-state index contributed by atoms with van der Waals surface area (Å²) in [6.45, 7) is 2.47. The van der Waals surface area contributed by atoms with E-state index in [0.717, 1.165) is 32.0 Å². The number of piperidine rings is 1. The van der Waals surface area contributed by atoms with Crippen molar-refractivity contribution < 1.29 is 13.5 Å². The van der Waals surface area contributed by atoms with E-state index in [1.54, 1.807) is 0 Å². The highest BCUT2D eigenvalue weighted by atomic mass is 19.1. The van der Waals surface area contributed by atoms with Gasteiger partial charge in [0.05, 0.1) is 11.6 Å². The standard InChI is InChI=1S/C14H18F2N2O/c1-18-4-2-10(3-5-18)17-12-8-19-13-7-9(15)6-11(16)14(12)13/h6-7,10,12,17H,2-5,8H2,1H3. The predicted molar refractivity (Wildman–Crippen MR) is 68.2 cm³/mol. The van der Waals surface area contributed by atoms with Crippen molar-refractivity contribution in [3.8, 4) is 5.75 Å². The first-order valence-corrected chi connectivity index (χ1v) is 6.70. The maximum Gasteiger partial charge on any atom is 0.134 e. The van der Waals surface area contributed by atoms with E-state index in [9.17, 15) is 8.78 Å². The smallest absolute Gasteiger partial charge is 0.134 e. The first kappa shape index (κ1) is 12.8. The minimum atomic E-state index is -0.587. The van der Waals surface area contributed by atoms with Crippen LogP contribution >= 0.6 is 0 Å². The Morgan fingerprint density at radius 1 is 1.26 bits per heavy atom. The van der Waals surface area contributed by atoms with Gasteiger partial charge < -0.3 is 15.0 Å². The van der Waals surface area contributed by atoms with Crippen LogP contribution < -0.4 is 10.1 Å². The Bertz CT molecular complexity index is 473. The van der Waals surface area contributed by atoms with Crippen molar-refractivity contribution in [1.82, 2.24) is 10.2 Å². The molecule has 1 atom stereocenters. The largest absolute Gasteiger partial charge is 0.491 e. The lowest BCUT2D eigenvalue weighted by atomic mass is 10.0. The quantitative estimate of drug-likeness (QED) is 0.889. The third-order valence-corrected chi connectivity index (χ3v) is 3.97. The molecule has 2 heterocycles. The van der Waals surface area contributed by atoms with Gasteiger partial charge >= 0.3 is 0 Å². The van der Waals surface area contributed by atoms with Crippen molar-refractivity contribution in [3.63, 3.8) is 0 Å². The summed E-state index contributed by atoms with van der Waals surface area (Å²) in [7, 11) is 2.10. The summed E-state index contributed by atoms with van der Waals surface area (Å²) < 4.78 is 32.3. The molecule has 2 aliphatic heterocycles. The Balaban J connectivity index is 1.72. The molecule has 0 aliphatic carbocycles. The third kappa shape index (κ3) is 2.58. The van der Waals surface area contributed by atoms with Gasteiger partial charge in [0.2, 0.25) is 0 Å². The number of fused-ring (bicyclic) bond motifs is 1. The number of halogens is 2. The number of hydrogen-bond acceptors (Lipinski definition) is 3. The molecule has 1 fully saturated rings. The predicted octanol–water partition coefficient (Wildman–Crippen LogP) is 2.08. The molecule has 104 valence electrons. The van der Waals surface area contributed by atoms with Crippen LogP contribution in [0.1, 0.15) is 24.4 Å². The minimum absolute atomic E-state index is 0.163. The van der Waals surface area contributed by atoms with E-state index in [4.69, 9.17) is 4.74 Å². The Labute approximate surface area is 111 Å². The van der Waals surface area contributed by atoms with E-state index in [-0.39, 0.29) is 6.04 Å². The normalized spacial score (nSPS) is 24.3. The molecule has 0 spiro atoms. The first-order chi connectivity index (χ1) is 9.13. The van der Waals surface area contributed by atoms with Crippen LogP contribution in [0.4, 0.5) is 8.78 Å². The van der Waals surface area contributed by atoms with Crippen molar-refractivity contribution in [3.05, 3.63) is 29.3 Å². The van der Waals surface area contributed by atoms with Gasteiger partial charge in [-0.1, -0.05) is 0 Å². The van der Waals surface area contributed by atoms with Crippen LogP contribution in [0.3, 0.4) is 0 Å². The number of nitrogens with one attached hydrogen (secondary N) is 1. The van der Waals surface area contributed by atoms with E-state index in [1.807, 2.05) is 0 Å². The fourth-order valence-corrected chi connectivity index (χ4v) is 2.87. The second-order valence-electron chi connectivity index (χ2n) is 5.41. The highest BCUT2D eigenvalue weighted by Crippen LogP contribution is 2.35. The molecular weight excluding hydrogens is 250 g/mol. The molecule has 0 saturated carbocycles. The first-order valence-electron chi connectivity index (χ1n) is 6.70. The van der Waals surface area contributed by atoms with Crippen molar-refractivity contribution >= 4 is 0 Å². The number of hydrogen-bond donors (Lipinski definition) is 1. The van der Waals surface area contributed by atoms with Gasteiger partial charge in [-0.05, 0) is 33.0 Å². The van der Waals surface area contributed by atoms with E-state index < -0.39 is 11.6 Å². The maximum absolute atomic E-state index is 13.8. The summed E-state index contributed by atoms with van der Waals surface area (Å²) in [5.41, 5.74) is 0.473. The zero-order chi connectivity index (χ0) is 13.4. The molecule has 1 unspecified atom stereocenters. The Morgan fingerprint density at radius 3 is 2.74 bits per heavy atom. The molecule has 0 radical (unpaired) electrons. The monoisotopic (exact) mass is 268 g/mol. The van der Waals surface area contributed by atoms with Crippen LogP contribution in [0.15, 0.2) is 12.1 Å². The SMILES string of the molecule is CN1CCC(NC2COc3cc(F)cc(F)c32)CC1. The fourth-order valence-electron chi connectivity index (χ4n) is 2.87. The van der Waals surface area contributed by atoms with Crippen LogP contribution in [-0.2, 0) is 0 Å². The second kappa shape index (κ2) is 5.06. The highest BCUT2D eigenvalue weighted by molar-refractivity contribution is 5.41. The fraction of sp³-hybridized carbons (Fsp3) is 0.571. The average molecular weight is 268 g/mol.